The molecular formula is C14H13NO3. The summed E-state index contributed by atoms with van der Waals surface area (Å²) in [6, 6.07) is 14.4. The van der Waals surface area contributed by atoms with Crippen molar-refractivity contribution in [3.05, 3.63) is 60.2 Å². The molecular weight excluding hydrogens is 230 g/mol. The van der Waals surface area contributed by atoms with Gasteiger partial charge in [0, 0.05) is 5.69 Å². The van der Waals surface area contributed by atoms with Crippen molar-refractivity contribution in [3.8, 4) is 5.75 Å². The maximum absolute atomic E-state index is 11.3. The van der Waals surface area contributed by atoms with E-state index in [2.05, 4.69) is 5.32 Å². The SMILES string of the molecule is O=C(O)[C@H](Nc1ccccc1)c1cccc(O)c1. The standard InChI is InChI=1S/C14H13NO3/c16-12-8-4-5-10(9-12)13(14(17)18)15-11-6-2-1-3-7-11/h1-9,13,15-16H,(H,17,18)/t13-/m1/s1. The highest BCUT2D eigenvalue weighted by Gasteiger charge is 2.19. The van der Waals surface area contributed by atoms with Gasteiger partial charge in [0.1, 0.15) is 5.75 Å². The Kier molecular flexibility index (Phi) is 3.48. The lowest BCUT2D eigenvalue weighted by atomic mass is 10.1. The van der Waals surface area contributed by atoms with Crippen LogP contribution in [0, 0.1) is 0 Å². The maximum atomic E-state index is 11.3. The zero-order valence-corrected chi connectivity index (χ0v) is 9.58. The molecule has 0 heterocycles. The van der Waals surface area contributed by atoms with Crippen molar-refractivity contribution in [1.82, 2.24) is 0 Å². The van der Waals surface area contributed by atoms with Crippen LogP contribution in [0.25, 0.3) is 0 Å². The fourth-order valence-corrected chi connectivity index (χ4v) is 1.69. The lowest BCUT2D eigenvalue weighted by Gasteiger charge is -2.16. The number of benzene rings is 2. The summed E-state index contributed by atoms with van der Waals surface area (Å²) < 4.78 is 0. The van der Waals surface area contributed by atoms with E-state index < -0.39 is 12.0 Å². The van der Waals surface area contributed by atoms with Crippen LogP contribution < -0.4 is 5.32 Å². The number of carboxylic acids is 1. The minimum Gasteiger partial charge on any atom is -0.508 e. The summed E-state index contributed by atoms with van der Waals surface area (Å²) in [5.41, 5.74) is 1.22. The second-order valence-corrected chi connectivity index (χ2v) is 3.88. The Morgan fingerprint density at radius 3 is 2.39 bits per heavy atom. The number of hydrogen-bond acceptors (Lipinski definition) is 3. The summed E-state index contributed by atoms with van der Waals surface area (Å²) in [5.74, 6) is -0.946. The number of nitrogens with one attached hydrogen (secondary N) is 1. The fourth-order valence-electron chi connectivity index (χ4n) is 1.69. The van der Waals surface area contributed by atoms with E-state index in [4.69, 9.17) is 0 Å². The maximum Gasteiger partial charge on any atom is 0.330 e. The van der Waals surface area contributed by atoms with Gasteiger partial charge in [0.15, 0.2) is 6.04 Å². The number of carboxylic acid groups (broad SMARTS) is 1. The molecule has 2 aromatic carbocycles. The number of rotatable bonds is 4. The molecule has 2 aromatic rings. The van der Waals surface area contributed by atoms with Crippen LogP contribution in [0.3, 0.4) is 0 Å². The van der Waals surface area contributed by atoms with Gasteiger partial charge in [-0.1, -0.05) is 30.3 Å². The average Bonchev–Trinajstić information content (AvgIpc) is 2.37. The zero-order chi connectivity index (χ0) is 13.0. The molecule has 4 heteroatoms. The zero-order valence-electron chi connectivity index (χ0n) is 9.58. The predicted octanol–water partition coefficient (Wildman–Crippen LogP) is 2.63. The van der Waals surface area contributed by atoms with E-state index in [1.807, 2.05) is 18.2 Å². The van der Waals surface area contributed by atoms with Gasteiger partial charge in [-0.2, -0.15) is 0 Å². The first-order valence-corrected chi connectivity index (χ1v) is 5.50. The molecule has 0 saturated heterocycles. The first-order valence-electron chi connectivity index (χ1n) is 5.50. The average molecular weight is 243 g/mol. The van der Waals surface area contributed by atoms with Crippen LogP contribution in [0.15, 0.2) is 54.6 Å². The van der Waals surface area contributed by atoms with Gasteiger partial charge in [-0.25, -0.2) is 4.79 Å². The van der Waals surface area contributed by atoms with E-state index in [1.165, 1.54) is 12.1 Å². The van der Waals surface area contributed by atoms with Crippen LogP contribution in [-0.4, -0.2) is 16.2 Å². The molecule has 0 bridgehead atoms. The van der Waals surface area contributed by atoms with Crippen LogP contribution in [0.4, 0.5) is 5.69 Å². The number of hydrogen-bond donors (Lipinski definition) is 3. The molecule has 0 aliphatic heterocycles. The van der Waals surface area contributed by atoms with E-state index in [1.54, 1.807) is 24.3 Å². The first-order chi connectivity index (χ1) is 8.66. The monoisotopic (exact) mass is 243 g/mol. The fraction of sp³-hybridized carbons (Fsp3) is 0.0714. The predicted molar refractivity (Wildman–Crippen MR) is 68.5 cm³/mol. The van der Waals surface area contributed by atoms with Crippen LogP contribution in [0.1, 0.15) is 11.6 Å². The molecule has 1 atom stereocenters. The van der Waals surface area contributed by atoms with Crippen molar-refractivity contribution in [1.29, 1.82) is 0 Å². The summed E-state index contributed by atoms with van der Waals surface area (Å²) in [6.45, 7) is 0. The third-order valence-electron chi connectivity index (χ3n) is 2.54. The highest BCUT2D eigenvalue weighted by atomic mass is 16.4. The summed E-state index contributed by atoms with van der Waals surface area (Å²) >= 11 is 0. The molecule has 18 heavy (non-hydrogen) atoms. The number of aromatic hydroxyl groups is 1. The number of para-hydroxylation sites is 1. The summed E-state index contributed by atoms with van der Waals surface area (Å²) in [5, 5.41) is 21.5. The topological polar surface area (TPSA) is 69.6 Å². The van der Waals surface area contributed by atoms with Crippen LogP contribution >= 0.6 is 0 Å². The molecule has 0 radical (unpaired) electrons. The highest BCUT2D eigenvalue weighted by molar-refractivity contribution is 5.79. The van der Waals surface area contributed by atoms with Gasteiger partial charge in [0.2, 0.25) is 0 Å². The molecule has 0 saturated carbocycles. The van der Waals surface area contributed by atoms with Crippen molar-refractivity contribution in [2.45, 2.75) is 6.04 Å². The summed E-state index contributed by atoms with van der Waals surface area (Å²) in [4.78, 5) is 11.3. The number of anilines is 1. The Hall–Kier alpha value is -2.49. The number of phenolic OH excluding ortho intramolecular Hbond substituents is 1. The van der Waals surface area contributed by atoms with Crippen molar-refractivity contribution in [2.75, 3.05) is 5.32 Å². The van der Waals surface area contributed by atoms with Crippen molar-refractivity contribution in [2.24, 2.45) is 0 Å². The third-order valence-corrected chi connectivity index (χ3v) is 2.54. The van der Waals surface area contributed by atoms with E-state index in [0.717, 1.165) is 0 Å². The van der Waals surface area contributed by atoms with Gasteiger partial charge in [-0.05, 0) is 29.8 Å². The van der Waals surface area contributed by atoms with Crippen molar-refractivity contribution < 1.29 is 15.0 Å². The molecule has 0 fully saturated rings. The Morgan fingerprint density at radius 1 is 1.06 bits per heavy atom. The largest absolute Gasteiger partial charge is 0.508 e. The molecule has 2 rings (SSSR count). The van der Waals surface area contributed by atoms with Gasteiger partial charge in [-0.15, -0.1) is 0 Å². The molecule has 3 N–H and O–H groups in total. The van der Waals surface area contributed by atoms with E-state index >= 15 is 0 Å². The Balaban J connectivity index is 2.27. The molecule has 4 nitrogen and oxygen atoms in total. The highest BCUT2D eigenvalue weighted by Crippen LogP contribution is 2.22. The Bertz CT molecular complexity index is 540. The molecule has 0 spiro atoms. The normalized spacial score (nSPS) is 11.8. The second kappa shape index (κ2) is 5.23. The molecule has 0 amide bonds. The second-order valence-electron chi connectivity index (χ2n) is 3.88. The third kappa shape index (κ3) is 2.79. The van der Waals surface area contributed by atoms with Crippen molar-refractivity contribution in [3.63, 3.8) is 0 Å². The van der Waals surface area contributed by atoms with E-state index in [9.17, 15) is 15.0 Å². The van der Waals surface area contributed by atoms with Crippen LogP contribution in [0.5, 0.6) is 5.75 Å². The van der Waals surface area contributed by atoms with Crippen LogP contribution in [-0.2, 0) is 4.79 Å². The first kappa shape index (κ1) is 12.0. The summed E-state index contributed by atoms with van der Waals surface area (Å²) in [7, 11) is 0. The quantitative estimate of drug-likeness (QED) is 0.772. The number of carbonyl (C=O) groups is 1. The van der Waals surface area contributed by atoms with Gasteiger partial charge in [-0.3, -0.25) is 0 Å². The number of aliphatic carboxylic acids is 1. The van der Waals surface area contributed by atoms with Crippen LogP contribution in [0.2, 0.25) is 0 Å². The smallest absolute Gasteiger partial charge is 0.330 e. The van der Waals surface area contributed by atoms with E-state index in [-0.39, 0.29) is 5.75 Å². The lowest BCUT2D eigenvalue weighted by Crippen LogP contribution is -2.20. The Labute approximate surface area is 105 Å². The number of phenols is 1. The molecule has 92 valence electrons. The van der Waals surface area contributed by atoms with Gasteiger partial charge >= 0.3 is 5.97 Å². The Morgan fingerprint density at radius 2 is 1.78 bits per heavy atom. The molecule has 0 aromatic heterocycles. The molecule has 0 aliphatic rings. The van der Waals surface area contributed by atoms with Gasteiger partial charge in [0.25, 0.3) is 0 Å². The van der Waals surface area contributed by atoms with E-state index in [0.29, 0.717) is 11.3 Å². The van der Waals surface area contributed by atoms with Crippen molar-refractivity contribution >= 4 is 11.7 Å². The molecule has 0 aliphatic carbocycles. The minimum atomic E-state index is -0.996. The van der Waals surface area contributed by atoms with Gasteiger partial charge < -0.3 is 15.5 Å². The van der Waals surface area contributed by atoms with Gasteiger partial charge in [0.05, 0.1) is 0 Å². The summed E-state index contributed by atoms with van der Waals surface area (Å²) in [6.07, 6.45) is 0. The molecule has 0 unspecified atom stereocenters. The lowest BCUT2D eigenvalue weighted by molar-refractivity contribution is -0.138. The minimum absolute atomic E-state index is 0.0496.